The van der Waals surface area contributed by atoms with Crippen molar-refractivity contribution in [3.8, 4) is 5.75 Å². The van der Waals surface area contributed by atoms with Gasteiger partial charge in [-0.2, -0.15) is 5.10 Å². The molecule has 0 radical (unpaired) electrons. The Bertz CT molecular complexity index is 958. The highest BCUT2D eigenvalue weighted by Gasteiger charge is 2.08. The van der Waals surface area contributed by atoms with E-state index in [2.05, 4.69) is 37.1 Å². The molecule has 0 saturated carbocycles. The van der Waals surface area contributed by atoms with Crippen molar-refractivity contribution < 1.29 is 19.1 Å². The molecular formula is C21H23BrN4O4. The maximum Gasteiger partial charge on any atom is 0.277 e. The normalized spacial score (nSPS) is 10.9. The average molecular weight is 475 g/mol. The van der Waals surface area contributed by atoms with Crippen LogP contribution in [0.25, 0.3) is 0 Å². The maximum atomic E-state index is 12.1. The van der Waals surface area contributed by atoms with E-state index in [1.807, 2.05) is 19.1 Å². The van der Waals surface area contributed by atoms with Gasteiger partial charge in [-0.25, -0.2) is 5.43 Å². The molecule has 0 spiro atoms. The topological polar surface area (TPSA) is 109 Å². The molecule has 0 aliphatic carbocycles. The molecule has 0 heterocycles. The number of hydrazone groups is 1. The van der Waals surface area contributed by atoms with Gasteiger partial charge in [0.15, 0.2) is 6.61 Å². The van der Waals surface area contributed by atoms with Crippen molar-refractivity contribution in [2.45, 2.75) is 27.2 Å². The third-order valence-electron chi connectivity index (χ3n) is 3.77. The molecule has 3 N–H and O–H groups in total. The van der Waals surface area contributed by atoms with E-state index in [4.69, 9.17) is 4.74 Å². The third kappa shape index (κ3) is 8.04. The average Bonchev–Trinajstić information content (AvgIpc) is 2.66. The molecule has 2 aromatic rings. The molecule has 2 rings (SSSR count). The zero-order chi connectivity index (χ0) is 22.1. The number of amides is 3. The summed E-state index contributed by atoms with van der Waals surface area (Å²) in [5.41, 5.74) is 4.94. The summed E-state index contributed by atoms with van der Waals surface area (Å²) in [6, 6.07) is 12.2. The lowest BCUT2D eigenvalue weighted by atomic mass is 10.2. The molecule has 0 saturated heterocycles. The van der Waals surface area contributed by atoms with Gasteiger partial charge < -0.3 is 15.4 Å². The van der Waals surface area contributed by atoms with Crippen molar-refractivity contribution >= 4 is 50.7 Å². The minimum Gasteiger partial charge on any atom is -0.483 e. The second kappa shape index (κ2) is 11.1. The number of hydrogen-bond acceptors (Lipinski definition) is 5. The Labute approximate surface area is 183 Å². The number of nitrogens with zero attached hydrogens (tertiary/aromatic N) is 1. The summed E-state index contributed by atoms with van der Waals surface area (Å²) in [6.07, 6.45) is 0.0143. The molecule has 0 bridgehead atoms. The SMILES string of the molecule is CC(=O)Nc1ccc(NC(=O)C/C(C)=N/NC(=O)COc2ccc(Br)cc2C)cc1. The number of carbonyl (C=O) groups is 3. The summed E-state index contributed by atoms with van der Waals surface area (Å²) in [5.74, 6) is -0.263. The first-order valence-corrected chi connectivity index (χ1v) is 9.90. The first-order valence-electron chi connectivity index (χ1n) is 9.11. The summed E-state index contributed by atoms with van der Waals surface area (Å²) in [7, 11) is 0. The minimum atomic E-state index is -0.425. The molecule has 0 aliphatic rings. The van der Waals surface area contributed by atoms with Gasteiger partial charge in [-0.1, -0.05) is 15.9 Å². The van der Waals surface area contributed by atoms with E-state index in [-0.39, 0.29) is 24.8 Å². The van der Waals surface area contributed by atoms with Crippen molar-refractivity contribution in [2.24, 2.45) is 5.10 Å². The van der Waals surface area contributed by atoms with Crippen LogP contribution in [0.5, 0.6) is 5.75 Å². The Hall–Kier alpha value is -3.20. The zero-order valence-corrected chi connectivity index (χ0v) is 18.5. The minimum absolute atomic E-state index is 0.0143. The molecule has 0 atom stereocenters. The lowest BCUT2D eigenvalue weighted by Crippen LogP contribution is -2.26. The number of aryl methyl sites for hydroxylation is 1. The van der Waals surface area contributed by atoms with E-state index >= 15 is 0 Å². The summed E-state index contributed by atoms with van der Waals surface area (Å²) in [4.78, 5) is 35.0. The van der Waals surface area contributed by atoms with E-state index in [9.17, 15) is 14.4 Å². The summed E-state index contributed by atoms with van der Waals surface area (Å²) in [5, 5.41) is 9.30. The van der Waals surface area contributed by atoms with Gasteiger partial charge in [-0.3, -0.25) is 14.4 Å². The van der Waals surface area contributed by atoms with Crippen LogP contribution in [0.1, 0.15) is 25.8 Å². The fourth-order valence-corrected chi connectivity index (χ4v) is 2.90. The lowest BCUT2D eigenvalue weighted by Gasteiger charge is -2.09. The summed E-state index contributed by atoms with van der Waals surface area (Å²) < 4.78 is 6.40. The highest BCUT2D eigenvalue weighted by atomic mass is 79.9. The van der Waals surface area contributed by atoms with E-state index in [1.54, 1.807) is 37.3 Å². The Morgan fingerprint density at radius 2 is 1.60 bits per heavy atom. The molecular weight excluding hydrogens is 452 g/mol. The van der Waals surface area contributed by atoms with Crippen LogP contribution in [-0.4, -0.2) is 30.0 Å². The second-order valence-electron chi connectivity index (χ2n) is 6.56. The van der Waals surface area contributed by atoms with Crippen LogP contribution in [0.2, 0.25) is 0 Å². The quantitative estimate of drug-likeness (QED) is 0.400. The number of anilines is 2. The molecule has 0 aliphatic heterocycles. The number of carbonyl (C=O) groups excluding carboxylic acids is 3. The number of rotatable bonds is 8. The monoisotopic (exact) mass is 474 g/mol. The molecule has 0 aromatic heterocycles. The van der Waals surface area contributed by atoms with Crippen LogP contribution in [0.3, 0.4) is 0 Å². The van der Waals surface area contributed by atoms with Crippen LogP contribution in [0.15, 0.2) is 52.0 Å². The predicted octanol–water partition coefficient (Wildman–Crippen LogP) is 3.62. The number of halogens is 1. The van der Waals surface area contributed by atoms with Gasteiger partial charge in [0, 0.05) is 28.5 Å². The molecule has 0 unspecified atom stereocenters. The lowest BCUT2D eigenvalue weighted by molar-refractivity contribution is -0.123. The highest BCUT2D eigenvalue weighted by Crippen LogP contribution is 2.22. The van der Waals surface area contributed by atoms with Crippen molar-refractivity contribution in [3.63, 3.8) is 0 Å². The van der Waals surface area contributed by atoms with Crippen molar-refractivity contribution in [3.05, 3.63) is 52.5 Å². The standard InChI is InChI=1S/C21H23BrN4O4/c1-13-10-16(22)4-9-19(13)30-12-21(29)26-25-14(2)11-20(28)24-18-7-5-17(6-8-18)23-15(3)27/h4-10H,11-12H2,1-3H3,(H,23,27)(H,24,28)(H,26,29)/b25-14+. The van der Waals surface area contributed by atoms with E-state index in [0.717, 1.165) is 10.0 Å². The van der Waals surface area contributed by atoms with Gasteiger partial charge >= 0.3 is 0 Å². The fourth-order valence-electron chi connectivity index (χ4n) is 2.43. The third-order valence-corrected chi connectivity index (χ3v) is 4.27. The van der Waals surface area contributed by atoms with Gasteiger partial charge in [0.1, 0.15) is 5.75 Å². The Balaban J connectivity index is 1.77. The maximum absolute atomic E-state index is 12.1. The van der Waals surface area contributed by atoms with Gasteiger partial charge in [0.05, 0.1) is 6.42 Å². The van der Waals surface area contributed by atoms with Gasteiger partial charge in [0.25, 0.3) is 5.91 Å². The smallest absolute Gasteiger partial charge is 0.277 e. The second-order valence-corrected chi connectivity index (χ2v) is 7.48. The van der Waals surface area contributed by atoms with Gasteiger partial charge in [-0.15, -0.1) is 0 Å². The Morgan fingerprint density at radius 1 is 0.967 bits per heavy atom. The molecule has 2 aromatic carbocycles. The van der Waals surface area contributed by atoms with Gasteiger partial charge in [-0.05, 0) is 61.9 Å². The number of benzene rings is 2. The Morgan fingerprint density at radius 3 is 2.20 bits per heavy atom. The largest absolute Gasteiger partial charge is 0.483 e. The van der Waals surface area contributed by atoms with Crippen LogP contribution in [0.4, 0.5) is 11.4 Å². The molecule has 8 nitrogen and oxygen atoms in total. The van der Waals surface area contributed by atoms with Crippen LogP contribution in [0, 0.1) is 6.92 Å². The zero-order valence-electron chi connectivity index (χ0n) is 16.9. The molecule has 3 amide bonds. The first-order chi connectivity index (χ1) is 14.2. The van der Waals surface area contributed by atoms with Crippen LogP contribution < -0.4 is 20.8 Å². The summed E-state index contributed by atoms with van der Waals surface area (Å²) >= 11 is 3.37. The van der Waals surface area contributed by atoms with E-state index < -0.39 is 5.91 Å². The first kappa shape index (κ1) is 23.1. The van der Waals surface area contributed by atoms with E-state index in [1.165, 1.54) is 6.92 Å². The Kier molecular flexibility index (Phi) is 8.54. The van der Waals surface area contributed by atoms with Crippen molar-refractivity contribution in [2.75, 3.05) is 17.2 Å². The number of nitrogens with one attached hydrogen (secondary N) is 3. The predicted molar refractivity (Wildman–Crippen MR) is 120 cm³/mol. The molecule has 158 valence electrons. The molecule has 0 fully saturated rings. The van der Waals surface area contributed by atoms with Crippen LogP contribution >= 0.6 is 15.9 Å². The van der Waals surface area contributed by atoms with Crippen molar-refractivity contribution in [1.82, 2.24) is 5.43 Å². The van der Waals surface area contributed by atoms with Crippen molar-refractivity contribution in [1.29, 1.82) is 0 Å². The van der Waals surface area contributed by atoms with Gasteiger partial charge in [0.2, 0.25) is 11.8 Å². The number of ether oxygens (including phenoxy) is 1. The highest BCUT2D eigenvalue weighted by molar-refractivity contribution is 9.10. The van der Waals surface area contributed by atoms with Crippen LogP contribution in [-0.2, 0) is 14.4 Å². The number of hydrogen-bond donors (Lipinski definition) is 3. The molecule has 9 heteroatoms. The summed E-state index contributed by atoms with van der Waals surface area (Å²) in [6.45, 7) is 4.75. The van der Waals surface area contributed by atoms with E-state index in [0.29, 0.717) is 22.8 Å². The fraction of sp³-hybridized carbons (Fsp3) is 0.238. The molecule has 30 heavy (non-hydrogen) atoms.